The zero-order chi connectivity index (χ0) is 27.3. The van der Waals surface area contributed by atoms with Crippen molar-refractivity contribution >= 4 is 40.3 Å². The average Bonchev–Trinajstić information content (AvgIpc) is 3.80. The van der Waals surface area contributed by atoms with Gasteiger partial charge in [-0.25, -0.2) is 4.39 Å². The standard InChI is InChI=1S/C28H32FN5O5/c29-18-2-1-3-19-17(18)13-21(32-19)27(39)34-11-9-28(7-8-28)14-22(34)25(37)33-20(12-15-6-10-30-24(15)36)23(35)26(38)31-16-4-5-16/h1-3,13,15-16,20,22,32H,4-12,14H2,(H,30,36)(H,31,38)(H,33,37). The Hall–Kier alpha value is -3.76. The van der Waals surface area contributed by atoms with Crippen molar-refractivity contribution in [2.75, 3.05) is 13.1 Å². The van der Waals surface area contributed by atoms with Crippen LogP contribution in [0.3, 0.4) is 0 Å². The molecule has 2 aliphatic carbocycles. The van der Waals surface area contributed by atoms with Crippen LogP contribution >= 0.6 is 0 Å². The summed E-state index contributed by atoms with van der Waals surface area (Å²) in [5.74, 6) is -3.64. The minimum Gasteiger partial charge on any atom is -0.356 e. The minimum atomic E-state index is -1.18. The predicted molar refractivity (Wildman–Crippen MR) is 138 cm³/mol. The van der Waals surface area contributed by atoms with Crippen LogP contribution in [-0.2, 0) is 19.2 Å². The van der Waals surface area contributed by atoms with Crippen LogP contribution < -0.4 is 16.0 Å². The van der Waals surface area contributed by atoms with E-state index in [1.807, 2.05) is 0 Å². The first kappa shape index (κ1) is 25.5. The van der Waals surface area contributed by atoms with Crippen LogP contribution in [0.1, 0.15) is 61.9 Å². The van der Waals surface area contributed by atoms with E-state index in [0.29, 0.717) is 36.8 Å². The van der Waals surface area contributed by atoms with Crippen molar-refractivity contribution < 1.29 is 28.4 Å². The number of fused-ring (bicyclic) bond motifs is 1. The van der Waals surface area contributed by atoms with Crippen LogP contribution in [-0.4, -0.2) is 70.5 Å². The molecule has 0 bridgehead atoms. The van der Waals surface area contributed by atoms with Gasteiger partial charge in [-0.15, -0.1) is 0 Å². The first-order valence-electron chi connectivity index (χ1n) is 13.7. The van der Waals surface area contributed by atoms with E-state index >= 15 is 0 Å². The molecular formula is C28H32FN5O5. The Morgan fingerprint density at radius 2 is 1.92 bits per heavy atom. The van der Waals surface area contributed by atoms with Gasteiger partial charge < -0.3 is 25.8 Å². The average molecular weight is 538 g/mol. The first-order valence-corrected chi connectivity index (χ1v) is 13.7. The summed E-state index contributed by atoms with van der Waals surface area (Å²) in [7, 11) is 0. The molecular weight excluding hydrogens is 505 g/mol. The van der Waals surface area contributed by atoms with Crippen LogP contribution in [0.5, 0.6) is 0 Å². The van der Waals surface area contributed by atoms with Gasteiger partial charge in [0.1, 0.15) is 17.6 Å². The van der Waals surface area contributed by atoms with Crippen LogP contribution in [0.25, 0.3) is 10.9 Å². The Bertz CT molecular complexity index is 1360. The highest BCUT2D eigenvalue weighted by Gasteiger charge is 2.51. The molecule has 206 valence electrons. The van der Waals surface area contributed by atoms with E-state index in [1.165, 1.54) is 17.0 Å². The summed E-state index contributed by atoms with van der Waals surface area (Å²) in [6, 6.07) is 3.94. The Kier molecular flexibility index (Phi) is 6.39. The number of aromatic nitrogens is 1. The van der Waals surface area contributed by atoms with Crippen molar-refractivity contribution in [1.29, 1.82) is 0 Å². The number of carbonyl (C=O) groups excluding carboxylic acids is 5. The number of aromatic amines is 1. The van der Waals surface area contributed by atoms with Crippen molar-refractivity contribution in [3.8, 4) is 0 Å². The summed E-state index contributed by atoms with van der Waals surface area (Å²) >= 11 is 0. The number of Topliss-reactive ketones (excluding diaryl/α,β-unsaturated/α-hetero) is 1. The van der Waals surface area contributed by atoms with Crippen LogP contribution in [0.2, 0.25) is 0 Å². The molecule has 2 saturated carbocycles. The lowest BCUT2D eigenvalue weighted by atomic mass is 9.86. The van der Waals surface area contributed by atoms with E-state index in [2.05, 4.69) is 20.9 Å². The van der Waals surface area contributed by atoms with Crippen LogP contribution in [0.15, 0.2) is 24.3 Å². The third kappa shape index (κ3) is 5.14. The number of halogens is 1. The maximum Gasteiger partial charge on any atom is 0.289 e. The van der Waals surface area contributed by atoms with Gasteiger partial charge in [0, 0.05) is 36.0 Å². The Labute approximate surface area is 224 Å². The number of H-pyrrole nitrogens is 1. The van der Waals surface area contributed by atoms with Crippen molar-refractivity contribution in [3.63, 3.8) is 0 Å². The summed E-state index contributed by atoms with van der Waals surface area (Å²) in [5, 5.41) is 8.45. The number of ketones is 1. The molecule has 10 nitrogen and oxygen atoms in total. The van der Waals surface area contributed by atoms with Gasteiger partial charge in [-0.3, -0.25) is 24.0 Å². The van der Waals surface area contributed by atoms with Gasteiger partial charge in [0.25, 0.3) is 11.8 Å². The lowest BCUT2D eigenvalue weighted by molar-refractivity contribution is -0.141. The van der Waals surface area contributed by atoms with Gasteiger partial charge >= 0.3 is 0 Å². The van der Waals surface area contributed by atoms with Crippen molar-refractivity contribution in [2.24, 2.45) is 11.3 Å². The van der Waals surface area contributed by atoms with Gasteiger partial charge in [-0.2, -0.15) is 0 Å². The number of hydrogen-bond donors (Lipinski definition) is 4. The van der Waals surface area contributed by atoms with E-state index in [4.69, 9.17) is 0 Å². The molecule has 3 heterocycles. The molecule has 4 N–H and O–H groups in total. The Morgan fingerprint density at radius 1 is 1.13 bits per heavy atom. The topological polar surface area (TPSA) is 140 Å². The second kappa shape index (κ2) is 9.77. The monoisotopic (exact) mass is 537 g/mol. The maximum atomic E-state index is 14.3. The normalized spacial score (nSPS) is 24.3. The fraction of sp³-hybridized carbons (Fsp3) is 0.536. The highest BCUT2D eigenvalue weighted by atomic mass is 19.1. The van der Waals surface area contributed by atoms with Crippen molar-refractivity contribution in [2.45, 2.75) is 69.5 Å². The predicted octanol–water partition coefficient (Wildman–Crippen LogP) is 1.55. The van der Waals surface area contributed by atoms with Gasteiger partial charge in [0.15, 0.2) is 0 Å². The molecule has 11 heteroatoms. The number of piperidine rings is 1. The second-order valence-corrected chi connectivity index (χ2v) is 11.5. The third-order valence-corrected chi connectivity index (χ3v) is 8.70. The Morgan fingerprint density at radius 3 is 2.59 bits per heavy atom. The number of rotatable bonds is 8. The van der Waals surface area contributed by atoms with E-state index in [0.717, 1.165) is 32.1 Å². The number of hydrogen-bond acceptors (Lipinski definition) is 5. The first-order chi connectivity index (χ1) is 18.7. The van der Waals surface area contributed by atoms with Gasteiger partial charge in [0.2, 0.25) is 17.6 Å². The molecule has 6 rings (SSSR count). The molecule has 0 radical (unpaired) electrons. The molecule has 4 aliphatic rings. The Balaban J connectivity index is 1.24. The number of benzene rings is 1. The van der Waals surface area contributed by atoms with Crippen LogP contribution in [0.4, 0.5) is 4.39 Å². The van der Waals surface area contributed by atoms with Gasteiger partial charge in [0.05, 0.1) is 6.04 Å². The van der Waals surface area contributed by atoms with Gasteiger partial charge in [-0.1, -0.05) is 6.07 Å². The SMILES string of the molecule is O=C(NC1CC1)C(=O)C(CC1CCNC1=O)NC(=O)C1CC2(CCN1C(=O)c1cc3c(F)cccc3[nH]1)CC2. The smallest absolute Gasteiger partial charge is 0.289 e. The fourth-order valence-corrected chi connectivity index (χ4v) is 5.93. The summed E-state index contributed by atoms with van der Waals surface area (Å²) in [6.45, 7) is 0.825. The lowest BCUT2D eigenvalue weighted by Gasteiger charge is -2.39. The largest absolute Gasteiger partial charge is 0.356 e. The molecule has 1 spiro atoms. The van der Waals surface area contributed by atoms with Crippen LogP contribution in [0, 0.1) is 17.2 Å². The van der Waals surface area contributed by atoms with Gasteiger partial charge in [-0.05, 0) is 75.0 Å². The van der Waals surface area contributed by atoms with E-state index < -0.39 is 47.3 Å². The molecule has 4 amide bonds. The molecule has 4 fully saturated rings. The number of carbonyl (C=O) groups is 5. The molecule has 1 aromatic carbocycles. The highest BCUT2D eigenvalue weighted by Crippen LogP contribution is 2.55. The van der Waals surface area contributed by atoms with E-state index in [9.17, 15) is 28.4 Å². The third-order valence-electron chi connectivity index (χ3n) is 8.70. The van der Waals surface area contributed by atoms with E-state index in [1.54, 1.807) is 12.1 Å². The zero-order valence-corrected chi connectivity index (χ0v) is 21.6. The number of amides is 4. The molecule has 2 aromatic rings. The molecule has 3 atom stereocenters. The lowest BCUT2D eigenvalue weighted by Crippen LogP contribution is -2.58. The molecule has 2 saturated heterocycles. The molecule has 39 heavy (non-hydrogen) atoms. The fourth-order valence-electron chi connectivity index (χ4n) is 5.93. The summed E-state index contributed by atoms with van der Waals surface area (Å²) in [4.78, 5) is 69.8. The highest BCUT2D eigenvalue weighted by molar-refractivity contribution is 6.38. The zero-order valence-electron chi connectivity index (χ0n) is 21.6. The van der Waals surface area contributed by atoms with E-state index in [-0.39, 0.29) is 29.5 Å². The molecule has 1 aromatic heterocycles. The maximum absolute atomic E-state index is 14.3. The van der Waals surface area contributed by atoms with Crippen molar-refractivity contribution in [3.05, 3.63) is 35.8 Å². The quantitative estimate of drug-likeness (QED) is 0.378. The number of nitrogens with zero attached hydrogens (tertiary/aromatic N) is 1. The number of nitrogens with one attached hydrogen (secondary N) is 4. The second-order valence-electron chi connectivity index (χ2n) is 11.5. The van der Waals surface area contributed by atoms with Crippen molar-refractivity contribution in [1.82, 2.24) is 25.8 Å². The molecule has 2 aliphatic heterocycles. The molecule has 3 unspecified atom stereocenters. The summed E-state index contributed by atoms with van der Waals surface area (Å²) in [5.41, 5.74) is 0.649. The summed E-state index contributed by atoms with van der Waals surface area (Å²) in [6.07, 6.45) is 5.26. The number of likely N-dealkylation sites (tertiary alicyclic amines) is 1. The summed E-state index contributed by atoms with van der Waals surface area (Å²) < 4.78 is 14.3. The minimum absolute atomic E-state index is 0.0143.